The molecule has 1 aliphatic heterocycles. The molecule has 2 aromatic carbocycles. The van der Waals surface area contributed by atoms with Crippen molar-refractivity contribution in [3.05, 3.63) is 64.7 Å². The van der Waals surface area contributed by atoms with Gasteiger partial charge in [-0.3, -0.25) is 4.79 Å². The van der Waals surface area contributed by atoms with Crippen molar-refractivity contribution in [2.24, 2.45) is 0 Å². The molecule has 2 aromatic rings. The summed E-state index contributed by atoms with van der Waals surface area (Å²) in [5.74, 6) is 0.612. The molecule has 4 heteroatoms. The molecule has 0 atom stereocenters. The molecule has 0 aliphatic carbocycles. The number of carbonyl (C=O) groups is 1. The van der Waals surface area contributed by atoms with E-state index in [1.807, 2.05) is 35.2 Å². The summed E-state index contributed by atoms with van der Waals surface area (Å²) in [6.07, 6.45) is 0.943. The molecule has 3 rings (SSSR count). The number of nitrogens with zero attached hydrogens (tertiary/aromatic N) is 1. The van der Waals surface area contributed by atoms with Gasteiger partial charge in [-0.2, -0.15) is 0 Å². The van der Waals surface area contributed by atoms with Crippen LogP contribution in [0.4, 0.5) is 0 Å². The third-order valence-corrected chi connectivity index (χ3v) is 5.17. The number of hydrogen-bond acceptors (Lipinski definition) is 2. The molecule has 108 valence electrons. The lowest BCUT2D eigenvalue weighted by atomic mass is 10.00. The highest BCUT2D eigenvalue weighted by molar-refractivity contribution is 8.00. The SMILES string of the molecule is O=C(CSc1ccccc1Cl)N1CCc2ccccc2C1. The molecule has 0 saturated heterocycles. The molecule has 0 fully saturated rings. The van der Waals surface area contributed by atoms with Crippen LogP contribution in [0.15, 0.2) is 53.4 Å². The minimum absolute atomic E-state index is 0.175. The Kier molecular flexibility index (Phi) is 4.51. The van der Waals surface area contributed by atoms with E-state index in [1.54, 1.807) is 0 Å². The Labute approximate surface area is 134 Å². The van der Waals surface area contributed by atoms with E-state index < -0.39 is 0 Å². The minimum atomic E-state index is 0.175. The fourth-order valence-electron chi connectivity index (χ4n) is 2.50. The van der Waals surface area contributed by atoms with E-state index in [2.05, 4.69) is 18.2 Å². The molecule has 2 nitrogen and oxygen atoms in total. The molecule has 0 bridgehead atoms. The standard InChI is InChI=1S/C17H16ClNOS/c18-15-7-3-4-8-16(15)21-12-17(20)19-10-9-13-5-1-2-6-14(13)11-19/h1-8H,9-12H2. The summed E-state index contributed by atoms with van der Waals surface area (Å²) in [6, 6.07) is 16.0. The zero-order chi connectivity index (χ0) is 14.7. The van der Waals surface area contributed by atoms with Crippen molar-refractivity contribution < 1.29 is 4.79 Å². The van der Waals surface area contributed by atoms with E-state index in [0.717, 1.165) is 24.4 Å². The molecule has 1 amide bonds. The van der Waals surface area contributed by atoms with Gasteiger partial charge < -0.3 is 4.90 Å². The molecule has 0 spiro atoms. The third-order valence-electron chi connectivity index (χ3n) is 3.67. The number of benzene rings is 2. The molecular weight excluding hydrogens is 302 g/mol. The average Bonchev–Trinajstić information content (AvgIpc) is 2.53. The van der Waals surface area contributed by atoms with Crippen molar-refractivity contribution in [3.63, 3.8) is 0 Å². The van der Waals surface area contributed by atoms with Crippen molar-refractivity contribution in [3.8, 4) is 0 Å². The Bertz CT molecular complexity index is 659. The highest BCUT2D eigenvalue weighted by atomic mass is 35.5. The highest BCUT2D eigenvalue weighted by Crippen LogP contribution is 2.27. The first-order valence-electron chi connectivity index (χ1n) is 6.96. The molecule has 21 heavy (non-hydrogen) atoms. The summed E-state index contributed by atoms with van der Waals surface area (Å²) in [4.78, 5) is 15.3. The predicted octanol–water partition coefficient (Wildman–Crippen LogP) is 4.02. The molecule has 0 N–H and O–H groups in total. The van der Waals surface area contributed by atoms with Gasteiger partial charge in [-0.05, 0) is 29.7 Å². The smallest absolute Gasteiger partial charge is 0.233 e. The second-order valence-corrected chi connectivity index (χ2v) is 6.48. The number of thioether (sulfide) groups is 1. The maximum atomic E-state index is 12.4. The second kappa shape index (κ2) is 6.54. The largest absolute Gasteiger partial charge is 0.337 e. The van der Waals surface area contributed by atoms with E-state index in [1.165, 1.54) is 22.9 Å². The quantitative estimate of drug-likeness (QED) is 0.797. The fraction of sp³-hybridized carbons (Fsp3) is 0.235. The topological polar surface area (TPSA) is 20.3 Å². The molecule has 0 aromatic heterocycles. The Hall–Kier alpha value is -1.45. The van der Waals surface area contributed by atoms with Gasteiger partial charge in [-0.15, -0.1) is 11.8 Å². The molecule has 0 saturated carbocycles. The summed E-state index contributed by atoms with van der Waals surface area (Å²) in [5, 5.41) is 0.708. The van der Waals surface area contributed by atoms with Crippen molar-refractivity contribution in [2.45, 2.75) is 17.9 Å². The molecule has 0 unspecified atom stereocenters. The van der Waals surface area contributed by atoms with Gasteiger partial charge in [0.25, 0.3) is 0 Å². The molecule has 1 aliphatic rings. The molecule has 1 heterocycles. The van der Waals surface area contributed by atoms with E-state index in [4.69, 9.17) is 11.6 Å². The number of fused-ring (bicyclic) bond motifs is 1. The van der Waals surface area contributed by atoms with Gasteiger partial charge in [0.05, 0.1) is 10.8 Å². The highest BCUT2D eigenvalue weighted by Gasteiger charge is 2.20. The van der Waals surface area contributed by atoms with E-state index >= 15 is 0 Å². The zero-order valence-electron chi connectivity index (χ0n) is 11.6. The normalized spacial score (nSPS) is 13.9. The molecular formula is C17H16ClNOS. The summed E-state index contributed by atoms with van der Waals surface area (Å²) in [7, 11) is 0. The fourth-order valence-corrected chi connectivity index (χ4v) is 3.64. The van der Waals surface area contributed by atoms with Gasteiger partial charge in [-0.25, -0.2) is 0 Å². The lowest BCUT2D eigenvalue weighted by molar-refractivity contribution is -0.129. The van der Waals surface area contributed by atoms with Gasteiger partial charge in [0.1, 0.15) is 0 Å². The maximum absolute atomic E-state index is 12.4. The van der Waals surface area contributed by atoms with Crippen LogP contribution in [0.2, 0.25) is 5.02 Å². The predicted molar refractivity (Wildman–Crippen MR) is 87.7 cm³/mol. The van der Waals surface area contributed by atoms with Crippen LogP contribution < -0.4 is 0 Å². The number of carbonyl (C=O) groups excluding carboxylic acids is 1. The van der Waals surface area contributed by atoms with Crippen LogP contribution in [0.3, 0.4) is 0 Å². The Morgan fingerprint density at radius 2 is 1.81 bits per heavy atom. The van der Waals surface area contributed by atoms with Crippen LogP contribution in [-0.2, 0) is 17.8 Å². The lowest BCUT2D eigenvalue weighted by Crippen LogP contribution is -2.37. The van der Waals surface area contributed by atoms with Crippen molar-refractivity contribution >= 4 is 29.3 Å². The van der Waals surface area contributed by atoms with Gasteiger partial charge in [0.2, 0.25) is 5.91 Å². The number of hydrogen-bond donors (Lipinski definition) is 0. The van der Waals surface area contributed by atoms with Crippen LogP contribution in [0.5, 0.6) is 0 Å². The van der Waals surface area contributed by atoms with Crippen molar-refractivity contribution in [1.29, 1.82) is 0 Å². The average molecular weight is 318 g/mol. The van der Waals surface area contributed by atoms with Crippen LogP contribution >= 0.6 is 23.4 Å². The van der Waals surface area contributed by atoms with Gasteiger partial charge in [0.15, 0.2) is 0 Å². The van der Waals surface area contributed by atoms with Crippen LogP contribution in [0, 0.1) is 0 Å². The summed E-state index contributed by atoms with van der Waals surface area (Å²) < 4.78 is 0. The Morgan fingerprint density at radius 3 is 2.62 bits per heavy atom. The summed E-state index contributed by atoms with van der Waals surface area (Å²) in [5.41, 5.74) is 2.63. The maximum Gasteiger partial charge on any atom is 0.233 e. The first-order chi connectivity index (χ1) is 10.2. The van der Waals surface area contributed by atoms with Gasteiger partial charge in [0, 0.05) is 18.0 Å². The number of halogens is 1. The van der Waals surface area contributed by atoms with Crippen LogP contribution in [0.1, 0.15) is 11.1 Å². The first kappa shape index (κ1) is 14.5. The lowest BCUT2D eigenvalue weighted by Gasteiger charge is -2.28. The van der Waals surface area contributed by atoms with Crippen LogP contribution in [0.25, 0.3) is 0 Å². The van der Waals surface area contributed by atoms with Crippen LogP contribution in [-0.4, -0.2) is 23.1 Å². The van der Waals surface area contributed by atoms with Crippen molar-refractivity contribution in [1.82, 2.24) is 4.90 Å². The summed E-state index contributed by atoms with van der Waals surface area (Å²) in [6.45, 7) is 1.52. The third kappa shape index (κ3) is 3.42. The second-order valence-electron chi connectivity index (χ2n) is 5.05. The Morgan fingerprint density at radius 1 is 1.10 bits per heavy atom. The van der Waals surface area contributed by atoms with E-state index in [9.17, 15) is 4.79 Å². The summed E-state index contributed by atoms with van der Waals surface area (Å²) >= 11 is 7.62. The Balaban J connectivity index is 1.61. The van der Waals surface area contributed by atoms with Gasteiger partial charge in [-0.1, -0.05) is 48.0 Å². The number of amides is 1. The first-order valence-corrected chi connectivity index (χ1v) is 8.32. The van der Waals surface area contributed by atoms with Gasteiger partial charge >= 0.3 is 0 Å². The zero-order valence-corrected chi connectivity index (χ0v) is 13.2. The number of rotatable bonds is 3. The van der Waals surface area contributed by atoms with Crippen molar-refractivity contribution in [2.75, 3.05) is 12.3 Å². The van der Waals surface area contributed by atoms with E-state index in [-0.39, 0.29) is 5.91 Å². The molecule has 0 radical (unpaired) electrons. The van der Waals surface area contributed by atoms with E-state index in [0.29, 0.717) is 10.8 Å². The monoisotopic (exact) mass is 317 g/mol. The minimum Gasteiger partial charge on any atom is -0.337 e.